The number of amides is 1. The summed E-state index contributed by atoms with van der Waals surface area (Å²) in [5.41, 5.74) is 1.15. The Hall–Kier alpha value is -0.500. The van der Waals surface area contributed by atoms with E-state index >= 15 is 0 Å². The van der Waals surface area contributed by atoms with Crippen LogP contribution in [-0.2, 0) is 17.8 Å². The summed E-state index contributed by atoms with van der Waals surface area (Å²) in [6.45, 7) is 6.23. The van der Waals surface area contributed by atoms with Gasteiger partial charge in [-0.15, -0.1) is 11.3 Å². The first-order chi connectivity index (χ1) is 11.2. The van der Waals surface area contributed by atoms with Crippen LogP contribution in [-0.4, -0.2) is 70.9 Å². The van der Waals surface area contributed by atoms with Gasteiger partial charge in [0.2, 0.25) is 5.91 Å². The molecule has 1 saturated heterocycles. The Balaban J connectivity index is 1.27. The van der Waals surface area contributed by atoms with Crippen molar-refractivity contribution in [2.24, 2.45) is 0 Å². The van der Waals surface area contributed by atoms with E-state index in [0.29, 0.717) is 6.54 Å². The van der Waals surface area contributed by atoms with E-state index in [-0.39, 0.29) is 5.91 Å². The van der Waals surface area contributed by atoms with Gasteiger partial charge in [-0.1, -0.05) is 6.42 Å². The van der Waals surface area contributed by atoms with E-state index < -0.39 is 0 Å². The van der Waals surface area contributed by atoms with Crippen LogP contribution in [0.2, 0.25) is 0 Å². The Kier molecular flexibility index (Phi) is 4.72. The monoisotopic (exact) mass is 398 g/mol. The molecule has 2 fully saturated rings. The number of rotatable bonds is 3. The number of piperazine rings is 1. The molecule has 23 heavy (non-hydrogen) atoms. The average Bonchev–Trinajstić information content (AvgIpc) is 2.85. The summed E-state index contributed by atoms with van der Waals surface area (Å²) in [5, 5.41) is 0. The summed E-state index contributed by atoms with van der Waals surface area (Å²) in [6, 6.07) is 0.802. The highest BCUT2D eigenvalue weighted by Gasteiger charge is 2.30. The number of fused-ring (bicyclic) bond motifs is 1. The van der Waals surface area contributed by atoms with E-state index in [0.717, 1.165) is 61.3 Å². The maximum absolute atomic E-state index is 12.6. The highest BCUT2D eigenvalue weighted by Crippen LogP contribution is 2.28. The molecule has 5 nitrogen and oxygen atoms in total. The second-order valence-electron chi connectivity index (χ2n) is 6.80. The predicted octanol–water partition coefficient (Wildman–Crippen LogP) is 1.96. The molecule has 2 aliphatic heterocycles. The summed E-state index contributed by atoms with van der Waals surface area (Å²) in [5.74, 6) is 0.288. The van der Waals surface area contributed by atoms with E-state index in [2.05, 4.69) is 35.6 Å². The van der Waals surface area contributed by atoms with E-state index in [9.17, 15) is 4.79 Å². The average molecular weight is 399 g/mol. The minimum atomic E-state index is 0.288. The van der Waals surface area contributed by atoms with Gasteiger partial charge in [-0.2, -0.15) is 0 Å². The van der Waals surface area contributed by atoms with Gasteiger partial charge < -0.3 is 4.90 Å². The summed E-state index contributed by atoms with van der Waals surface area (Å²) in [7, 11) is 0. The van der Waals surface area contributed by atoms with Crippen molar-refractivity contribution >= 4 is 33.2 Å². The summed E-state index contributed by atoms with van der Waals surface area (Å²) < 4.78 is 0.961. The molecule has 3 heterocycles. The van der Waals surface area contributed by atoms with Gasteiger partial charge >= 0.3 is 0 Å². The van der Waals surface area contributed by atoms with Crippen LogP contribution in [0.15, 0.2) is 3.92 Å². The quantitative estimate of drug-likeness (QED) is 0.779. The lowest BCUT2D eigenvalue weighted by Gasteiger charge is -2.43. The van der Waals surface area contributed by atoms with Gasteiger partial charge in [0, 0.05) is 50.2 Å². The molecule has 0 atom stereocenters. The van der Waals surface area contributed by atoms with Crippen LogP contribution in [0.5, 0.6) is 0 Å². The molecule has 0 radical (unpaired) electrons. The molecular formula is C16H23BrN4OS. The minimum absolute atomic E-state index is 0.288. The summed E-state index contributed by atoms with van der Waals surface area (Å²) in [4.78, 5) is 25.4. The molecule has 7 heteroatoms. The molecule has 0 bridgehead atoms. The van der Waals surface area contributed by atoms with Crippen LogP contribution in [0, 0.1) is 0 Å². The molecule has 1 aliphatic carbocycles. The molecule has 126 valence electrons. The van der Waals surface area contributed by atoms with Gasteiger partial charge in [-0.05, 0) is 35.2 Å². The molecular weight excluding hydrogens is 376 g/mol. The molecule has 0 N–H and O–H groups in total. The third kappa shape index (κ3) is 3.48. The number of hydrogen-bond acceptors (Lipinski definition) is 5. The molecule has 1 saturated carbocycles. The molecule has 3 aliphatic rings. The zero-order valence-electron chi connectivity index (χ0n) is 13.3. The Morgan fingerprint density at radius 3 is 2.70 bits per heavy atom. The topological polar surface area (TPSA) is 39.7 Å². The number of halogens is 1. The Morgan fingerprint density at radius 2 is 2.00 bits per heavy atom. The molecule has 4 rings (SSSR count). The molecule has 1 amide bonds. The maximum atomic E-state index is 12.6. The van der Waals surface area contributed by atoms with Crippen molar-refractivity contribution in [1.29, 1.82) is 0 Å². The van der Waals surface area contributed by atoms with Gasteiger partial charge in [-0.3, -0.25) is 14.6 Å². The van der Waals surface area contributed by atoms with Crippen LogP contribution < -0.4 is 0 Å². The molecule has 1 aromatic rings. The van der Waals surface area contributed by atoms with Crippen molar-refractivity contribution < 1.29 is 4.79 Å². The fourth-order valence-electron chi connectivity index (χ4n) is 3.74. The Bertz CT molecular complexity index is 581. The third-order valence-corrected chi connectivity index (χ3v) is 7.01. The van der Waals surface area contributed by atoms with E-state index in [1.165, 1.54) is 24.1 Å². The lowest BCUT2D eigenvalue weighted by Crippen LogP contribution is -2.55. The van der Waals surface area contributed by atoms with E-state index in [4.69, 9.17) is 0 Å². The fourth-order valence-corrected chi connectivity index (χ4v) is 5.32. The molecule has 0 unspecified atom stereocenters. The van der Waals surface area contributed by atoms with Gasteiger partial charge in [0.1, 0.15) is 0 Å². The SMILES string of the molecule is O=C(CN1CCc2sc(Br)nc2C1)N1CCN(C2CCC2)CC1. The smallest absolute Gasteiger partial charge is 0.236 e. The van der Waals surface area contributed by atoms with Crippen molar-refractivity contribution in [1.82, 2.24) is 19.7 Å². The number of nitrogens with zero attached hydrogens (tertiary/aromatic N) is 4. The van der Waals surface area contributed by atoms with Crippen molar-refractivity contribution in [3.63, 3.8) is 0 Å². The number of hydrogen-bond donors (Lipinski definition) is 0. The van der Waals surface area contributed by atoms with E-state index in [1.807, 2.05) is 0 Å². The largest absolute Gasteiger partial charge is 0.339 e. The van der Waals surface area contributed by atoms with Gasteiger partial charge in [0.25, 0.3) is 0 Å². The lowest BCUT2D eigenvalue weighted by molar-refractivity contribution is -0.135. The Morgan fingerprint density at radius 1 is 1.22 bits per heavy atom. The normalized spacial score (nSPS) is 23.6. The van der Waals surface area contributed by atoms with Crippen LogP contribution in [0.3, 0.4) is 0 Å². The second kappa shape index (κ2) is 6.78. The molecule has 0 spiro atoms. The van der Waals surface area contributed by atoms with Crippen LogP contribution >= 0.6 is 27.3 Å². The number of aromatic nitrogens is 1. The number of carbonyl (C=O) groups is 1. The highest BCUT2D eigenvalue weighted by molar-refractivity contribution is 9.11. The maximum Gasteiger partial charge on any atom is 0.236 e. The first-order valence-electron chi connectivity index (χ1n) is 8.57. The van der Waals surface area contributed by atoms with Crippen LogP contribution in [0.4, 0.5) is 0 Å². The molecule has 1 aromatic heterocycles. The fraction of sp³-hybridized carbons (Fsp3) is 0.750. The zero-order valence-corrected chi connectivity index (χ0v) is 15.7. The first-order valence-corrected chi connectivity index (χ1v) is 10.2. The number of thiazole rings is 1. The van der Waals surface area contributed by atoms with Crippen molar-refractivity contribution in [3.05, 3.63) is 14.5 Å². The summed E-state index contributed by atoms with van der Waals surface area (Å²) >= 11 is 5.19. The Labute approximate surface area is 149 Å². The zero-order chi connectivity index (χ0) is 15.8. The van der Waals surface area contributed by atoms with E-state index in [1.54, 1.807) is 11.3 Å². The minimum Gasteiger partial charge on any atom is -0.339 e. The van der Waals surface area contributed by atoms with Crippen molar-refractivity contribution in [2.45, 2.75) is 38.3 Å². The number of carbonyl (C=O) groups excluding carboxylic acids is 1. The highest BCUT2D eigenvalue weighted by atomic mass is 79.9. The van der Waals surface area contributed by atoms with Crippen molar-refractivity contribution in [2.75, 3.05) is 39.3 Å². The summed E-state index contributed by atoms with van der Waals surface area (Å²) in [6.07, 6.45) is 5.11. The second-order valence-corrected chi connectivity index (χ2v) is 9.16. The molecule has 0 aromatic carbocycles. The van der Waals surface area contributed by atoms with Gasteiger partial charge in [-0.25, -0.2) is 4.98 Å². The van der Waals surface area contributed by atoms with Crippen LogP contribution in [0.1, 0.15) is 29.8 Å². The lowest BCUT2D eigenvalue weighted by atomic mass is 9.91. The predicted molar refractivity (Wildman–Crippen MR) is 94.6 cm³/mol. The van der Waals surface area contributed by atoms with Gasteiger partial charge in [0.15, 0.2) is 3.92 Å². The third-order valence-electron chi connectivity index (χ3n) is 5.40. The first kappa shape index (κ1) is 16.0. The standard InChI is InChI=1S/C16H23BrN4OS/c17-16-18-13-10-19(5-4-14(13)23-16)11-15(22)21-8-6-20(7-9-21)12-2-1-3-12/h12H,1-11H2. The van der Waals surface area contributed by atoms with Gasteiger partial charge in [0.05, 0.1) is 12.2 Å². The van der Waals surface area contributed by atoms with Crippen molar-refractivity contribution in [3.8, 4) is 0 Å². The van der Waals surface area contributed by atoms with Crippen LogP contribution in [0.25, 0.3) is 0 Å².